The third-order valence-corrected chi connectivity index (χ3v) is 8.32. The molecule has 0 aliphatic carbocycles. The molecule has 0 radical (unpaired) electrons. The van der Waals surface area contributed by atoms with Crippen molar-refractivity contribution in [1.29, 1.82) is 0 Å². The molecular weight excluding hydrogens is 748 g/mol. The molecule has 226 valence electrons. The van der Waals surface area contributed by atoms with E-state index in [1.165, 1.54) is 5.56 Å². The topological polar surface area (TPSA) is 39.5 Å². The maximum absolute atomic E-state index is 6.54. The predicted molar refractivity (Wildman–Crippen MR) is 183 cm³/mol. The Balaban J connectivity index is 0.00000338. The molecule has 0 spiro atoms. The van der Waals surface area contributed by atoms with Crippen molar-refractivity contribution in [2.45, 2.75) is 26.2 Å². The number of aromatic nitrogens is 2. The summed E-state index contributed by atoms with van der Waals surface area (Å²) in [6.07, 6.45) is 1.81. The van der Waals surface area contributed by atoms with Crippen molar-refractivity contribution in [1.82, 2.24) is 9.55 Å². The molecular formula is C39H30BN3O2Pt. The number of nitrogens with zero attached hydrogens (tertiary/aromatic N) is 3. The molecule has 0 fully saturated rings. The number of para-hydroxylation sites is 3. The number of ether oxygens (including phenoxy) is 1. The monoisotopic (exact) mass is 778 g/mol. The molecule has 7 aromatic rings. The average molecular weight is 779 g/mol. The van der Waals surface area contributed by atoms with Crippen molar-refractivity contribution in [3.05, 3.63) is 145 Å². The van der Waals surface area contributed by atoms with E-state index >= 15 is 0 Å². The van der Waals surface area contributed by atoms with Crippen molar-refractivity contribution in [2.24, 2.45) is 0 Å². The fraction of sp³-hybridized carbons (Fsp3) is 0.103. The second kappa shape index (κ2) is 11.9. The molecule has 3 heterocycles. The molecule has 0 atom stereocenters. The van der Waals surface area contributed by atoms with Crippen LogP contribution in [0.2, 0.25) is 0 Å². The van der Waals surface area contributed by atoms with E-state index in [4.69, 9.17) is 9.39 Å². The third-order valence-electron chi connectivity index (χ3n) is 8.32. The van der Waals surface area contributed by atoms with Gasteiger partial charge < -0.3 is 18.8 Å². The van der Waals surface area contributed by atoms with Gasteiger partial charge in [-0.15, -0.1) is 35.1 Å². The average Bonchev–Trinajstić information content (AvgIpc) is 3.61. The Morgan fingerprint density at radius 1 is 0.717 bits per heavy atom. The summed E-state index contributed by atoms with van der Waals surface area (Å²) in [5.41, 5.74) is 6.28. The second-order valence-corrected chi connectivity index (χ2v) is 12.3. The third kappa shape index (κ3) is 5.27. The molecule has 7 heteroatoms. The Bertz CT molecular complexity index is 2170. The number of rotatable bonds is 5. The van der Waals surface area contributed by atoms with Gasteiger partial charge in [-0.25, -0.2) is 4.98 Å². The van der Waals surface area contributed by atoms with Crippen LogP contribution in [0.15, 0.2) is 128 Å². The maximum Gasteiger partial charge on any atom is 2.00 e. The van der Waals surface area contributed by atoms with Crippen LogP contribution in [0.5, 0.6) is 17.2 Å². The molecule has 1 aliphatic heterocycles. The van der Waals surface area contributed by atoms with E-state index in [0.29, 0.717) is 11.5 Å². The predicted octanol–water partition coefficient (Wildman–Crippen LogP) is 8.79. The van der Waals surface area contributed by atoms with Crippen LogP contribution in [0.3, 0.4) is 0 Å². The zero-order valence-electron chi connectivity index (χ0n) is 25.7. The number of anilines is 2. The van der Waals surface area contributed by atoms with Crippen LogP contribution < -0.4 is 19.7 Å². The van der Waals surface area contributed by atoms with Gasteiger partial charge in [0.25, 0.3) is 0 Å². The van der Waals surface area contributed by atoms with Crippen LogP contribution in [0.4, 0.5) is 11.4 Å². The van der Waals surface area contributed by atoms with Crippen molar-refractivity contribution < 1.29 is 30.5 Å². The van der Waals surface area contributed by atoms with Crippen molar-refractivity contribution >= 4 is 45.7 Å². The van der Waals surface area contributed by atoms with E-state index in [2.05, 4.69) is 102 Å². The number of hydrogen-bond donors (Lipinski definition) is 0. The van der Waals surface area contributed by atoms with E-state index in [9.17, 15) is 0 Å². The van der Waals surface area contributed by atoms with Crippen LogP contribution in [-0.2, 0) is 26.5 Å². The van der Waals surface area contributed by atoms with Crippen LogP contribution in [0.25, 0.3) is 27.6 Å². The SMILES string of the molecule is CC(C)(C)c1ccc(N2B(c3[c-]c(Oc4[c-]c5c(cc4)c4ccccc4n5-c4ccccn4)ccc3)Oc3ccccc32)cc1.[Pt+2]. The summed E-state index contributed by atoms with van der Waals surface area (Å²) < 4.78 is 15.1. The fourth-order valence-electron chi connectivity index (χ4n) is 6.10. The van der Waals surface area contributed by atoms with Gasteiger partial charge >= 0.3 is 28.1 Å². The standard InChI is InChI=1S/C39H30BN3O2.Pt/c1-39(2,3)27-18-20-29(21-19-27)43-35-15-6-7-16-37(35)45-40(43)28-11-10-12-30(25-28)44-31-22-23-33-32-13-4-5-14-34(32)42(36(33)26-31)38-17-8-9-24-41-38;/h4-24H,1-3H3;/q-2;+2. The van der Waals surface area contributed by atoms with Crippen LogP contribution in [-0.4, -0.2) is 16.6 Å². The van der Waals surface area contributed by atoms with Gasteiger partial charge in [-0.05, 0) is 58.8 Å². The zero-order chi connectivity index (χ0) is 30.5. The minimum absolute atomic E-state index is 0. The summed E-state index contributed by atoms with van der Waals surface area (Å²) in [6.45, 7) is 6.69. The first kappa shape index (κ1) is 29.9. The molecule has 5 aromatic carbocycles. The first-order valence-corrected chi connectivity index (χ1v) is 15.2. The van der Waals surface area contributed by atoms with Gasteiger partial charge in [-0.2, -0.15) is 18.2 Å². The summed E-state index contributed by atoms with van der Waals surface area (Å²) >= 11 is 0. The van der Waals surface area contributed by atoms with E-state index in [-0.39, 0.29) is 26.5 Å². The number of pyridine rings is 1. The molecule has 8 rings (SSSR count). The first-order valence-electron chi connectivity index (χ1n) is 15.2. The Labute approximate surface area is 283 Å². The van der Waals surface area contributed by atoms with E-state index < -0.39 is 7.05 Å². The summed E-state index contributed by atoms with van der Waals surface area (Å²) in [7, 11) is -0.399. The Kier molecular flexibility index (Phi) is 7.70. The van der Waals surface area contributed by atoms with Gasteiger partial charge in [0.15, 0.2) is 0 Å². The van der Waals surface area contributed by atoms with E-state index in [1.54, 1.807) is 0 Å². The van der Waals surface area contributed by atoms with Gasteiger partial charge in [0.05, 0.1) is 5.69 Å². The van der Waals surface area contributed by atoms with Crippen molar-refractivity contribution in [3.63, 3.8) is 0 Å². The second-order valence-electron chi connectivity index (χ2n) is 12.3. The quantitative estimate of drug-likeness (QED) is 0.130. The molecule has 0 bridgehead atoms. The largest absolute Gasteiger partial charge is 2.00 e. The number of fused-ring (bicyclic) bond motifs is 4. The minimum Gasteiger partial charge on any atom is -0.537 e. The molecule has 5 nitrogen and oxygen atoms in total. The summed E-state index contributed by atoms with van der Waals surface area (Å²) in [5.74, 6) is 2.86. The molecule has 46 heavy (non-hydrogen) atoms. The maximum atomic E-state index is 6.54. The molecule has 1 aliphatic rings. The normalized spacial score (nSPS) is 12.6. The summed E-state index contributed by atoms with van der Waals surface area (Å²) in [5, 5.41) is 2.23. The smallest absolute Gasteiger partial charge is 0.537 e. The Hall–Kier alpha value is -4.80. The van der Waals surface area contributed by atoms with E-state index in [0.717, 1.165) is 50.2 Å². The molecule has 0 unspecified atom stereocenters. The Morgan fingerprint density at radius 2 is 1.48 bits per heavy atom. The van der Waals surface area contributed by atoms with Gasteiger partial charge in [-0.1, -0.05) is 74.8 Å². The summed E-state index contributed by atoms with van der Waals surface area (Å²) in [4.78, 5) is 6.86. The van der Waals surface area contributed by atoms with Crippen LogP contribution in [0, 0.1) is 12.1 Å². The number of benzene rings is 5. The minimum atomic E-state index is -0.399. The molecule has 0 amide bonds. The summed E-state index contributed by atoms with van der Waals surface area (Å²) in [6, 6.07) is 48.2. The Morgan fingerprint density at radius 3 is 2.28 bits per heavy atom. The van der Waals surface area contributed by atoms with Crippen molar-refractivity contribution in [3.8, 4) is 23.1 Å². The molecule has 0 N–H and O–H groups in total. The molecule has 0 saturated heterocycles. The van der Waals surface area contributed by atoms with Crippen molar-refractivity contribution in [2.75, 3.05) is 4.81 Å². The fourth-order valence-corrected chi connectivity index (χ4v) is 6.10. The number of hydrogen-bond acceptors (Lipinski definition) is 4. The van der Waals surface area contributed by atoms with Crippen LogP contribution >= 0.6 is 0 Å². The van der Waals surface area contributed by atoms with Gasteiger partial charge in [0, 0.05) is 28.9 Å². The molecule has 0 saturated carbocycles. The van der Waals surface area contributed by atoms with Gasteiger partial charge in [0.1, 0.15) is 11.6 Å². The molecule has 2 aromatic heterocycles. The van der Waals surface area contributed by atoms with Gasteiger partial charge in [0.2, 0.25) is 0 Å². The zero-order valence-corrected chi connectivity index (χ0v) is 27.9. The first-order chi connectivity index (χ1) is 21.9. The van der Waals surface area contributed by atoms with Gasteiger partial charge in [-0.3, -0.25) is 0 Å². The van der Waals surface area contributed by atoms with Crippen LogP contribution in [0.1, 0.15) is 26.3 Å². The van der Waals surface area contributed by atoms with E-state index in [1.807, 2.05) is 72.9 Å².